The molecular weight excluding hydrogens is 437 g/mol. The van der Waals surface area contributed by atoms with Gasteiger partial charge >= 0.3 is 0 Å². The fourth-order valence-corrected chi connectivity index (χ4v) is 5.46. The topological polar surface area (TPSA) is 64.0 Å². The van der Waals surface area contributed by atoms with Gasteiger partial charge in [-0.2, -0.15) is 0 Å². The van der Waals surface area contributed by atoms with Crippen molar-refractivity contribution < 1.29 is 8.42 Å². The number of hydrogen-bond acceptors (Lipinski definition) is 4. The fraction of sp³-hybridized carbons (Fsp3) is 0.235. The van der Waals surface area contributed by atoms with E-state index in [2.05, 4.69) is 32.9 Å². The quantitative estimate of drug-likeness (QED) is 0.607. The third-order valence-corrected chi connectivity index (χ3v) is 6.86. The highest BCUT2D eigenvalue weighted by Crippen LogP contribution is 2.31. The molecule has 0 radical (unpaired) electrons. The Balaban J connectivity index is 1.96. The van der Waals surface area contributed by atoms with E-state index >= 15 is 0 Å². The summed E-state index contributed by atoms with van der Waals surface area (Å²) in [6, 6.07) is 6.91. The van der Waals surface area contributed by atoms with Crippen molar-refractivity contribution in [3.8, 4) is 0 Å². The van der Waals surface area contributed by atoms with Gasteiger partial charge in [0.05, 0.1) is 4.90 Å². The van der Waals surface area contributed by atoms with Gasteiger partial charge in [-0.3, -0.25) is 0 Å². The third-order valence-electron chi connectivity index (χ3n) is 4.38. The van der Waals surface area contributed by atoms with Crippen molar-refractivity contribution in [3.63, 3.8) is 0 Å². The van der Waals surface area contributed by atoms with Crippen LogP contribution in [0.3, 0.4) is 0 Å². The Labute approximate surface area is 154 Å². The Bertz CT molecular complexity index is 1040. The molecule has 4 rings (SSSR count). The molecule has 0 aliphatic carbocycles. The summed E-state index contributed by atoms with van der Waals surface area (Å²) in [4.78, 5) is 4.74. The zero-order chi connectivity index (χ0) is 16.9. The molecule has 0 spiro atoms. The molecule has 24 heavy (non-hydrogen) atoms. The van der Waals surface area contributed by atoms with Gasteiger partial charge in [-0.1, -0.05) is 17.7 Å². The number of fused-ring (bicyclic) bond motifs is 3. The zero-order valence-corrected chi connectivity index (χ0v) is 16.1. The van der Waals surface area contributed by atoms with Gasteiger partial charge in [0.1, 0.15) is 0 Å². The summed E-state index contributed by atoms with van der Waals surface area (Å²) in [5.74, 6) is 0. The molecule has 1 aliphatic rings. The fourth-order valence-electron chi connectivity index (χ4n) is 3.11. The van der Waals surface area contributed by atoms with Crippen molar-refractivity contribution >= 4 is 43.6 Å². The van der Waals surface area contributed by atoms with Crippen LogP contribution in [0.15, 0.2) is 41.6 Å². The number of rotatable bonds is 2. The van der Waals surface area contributed by atoms with Crippen molar-refractivity contribution in [1.82, 2.24) is 14.3 Å². The molecule has 0 saturated carbocycles. The molecule has 5 nitrogen and oxygen atoms in total. The molecule has 0 bridgehead atoms. The van der Waals surface area contributed by atoms with Gasteiger partial charge in [-0.15, -0.1) is 0 Å². The van der Waals surface area contributed by atoms with Crippen molar-refractivity contribution in [2.75, 3.05) is 6.54 Å². The van der Waals surface area contributed by atoms with Crippen LogP contribution in [0.2, 0.25) is 0 Å². The van der Waals surface area contributed by atoms with Gasteiger partial charge in [0.25, 0.3) is 10.0 Å². The number of pyridine rings is 1. The van der Waals surface area contributed by atoms with E-state index in [0.29, 0.717) is 5.65 Å². The minimum Gasteiger partial charge on any atom is -0.312 e. The third kappa shape index (κ3) is 2.46. The molecule has 0 atom stereocenters. The Kier molecular flexibility index (Phi) is 3.89. The second-order valence-electron chi connectivity index (χ2n) is 5.98. The molecule has 2 aromatic heterocycles. The second kappa shape index (κ2) is 5.82. The van der Waals surface area contributed by atoms with Crippen molar-refractivity contribution in [1.29, 1.82) is 0 Å². The van der Waals surface area contributed by atoms with E-state index < -0.39 is 10.0 Å². The van der Waals surface area contributed by atoms with E-state index in [1.807, 2.05) is 19.1 Å². The first kappa shape index (κ1) is 16.0. The predicted molar refractivity (Wildman–Crippen MR) is 102 cm³/mol. The molecule has 0 saturated heterocycles. The average Bonchev–Trinajstić information content (AvgIpc) is 2.93. The van der Waals surface area contributed by atoms with Crippen LogP contribution in [0.4, 0.5) is 0 Å². The van der Waals surface area contributed by atoms with Crippen molar-refractivity contribution in [3.05, 3.63) is 56.9 Å². The molecule has 0 fully saturated rings. The maximum Gasteiger partial charge on any atom is 0.269 e. The number of halogens is 1. The van der Waals surface area contributed by atoms with Gasteiger partial charge in [-0.05, 0) is 65.7 Å². The van der Waals surface area contributed by atoms with Crippen LogP contribution in [0.1, 0.15) is 16.7 Å². The lowest BCUT2D eigenvalue weighted by Gasteiger charge is -2.17. The summed E-state index contributed by atoms with van der Waals surface area (Å²) in [7, 11) is -3.65. The lowest BCUT2D eigenvalue weighted by Crippen LogP contribution is -2.24. The van der Waals surface area contributed by atoms with E-state index in [0.717, 1.165) is 39.6 Å². The second-order valence-corrected chi connectivity index (χ2v) is 8.96. The molecular formula is C17H16IN3O2S. The van der Waals surface area contributed by atoms with Crippen molar-refractivity contribution in [2.24, 2.45) is 0 Å². The van der Waals surface area contributed by atoms with Crippen LogP contribution in [0.5, 0.6) is 0 Å². The monoisotopic (exact) mass is 453 g/mol. The first-order valence-electron chi connectivity index (χ1n) is 7.69. The normalized spacial score (nSPS) is 14.8. The Morgan fingerprint density at radius 1 is 1.25 bits per heavy atom. The first-order chi connectivity index (χ1) is 11.5. The van der Waals surface area contributed by atoms with E-state index in [4.69, 9.17) is 0 Å². The van der Waals surface area contributed by atoms with Crippen LogP contribution in [-0.2, 0) is 23.0 Å². The Hall–Kier alpha value is -1.45. The minimum atomic E-state index is -3.65. The standard InChI is InChI=1S/C17H16IN3O2S/c1-11-2-4-13(5-3-11)24(22,23)21-10-15(18)16-14-6-7-19-8-12(14)9-20-17(16)21/h2-5,9-10,19H,6-8H2,1H3. The summed E-state index contributed by atoms with van der Waals surface area (Å²) >= 11 is 2.20. The number of benzene rings is 1. The van der Waals surface area contributed by atoms with Gasteiger partial charge < -0.3 is 5.32 Å². The zero-order valence-electron chi connectivity index (χ0n) is 13.1. The molecule has 3 heterocycles. The summed E-state index contributed by atoms with van der Waals surface area (Å²) in [5, 5.41) is 4.29. The summed E-state index contributed by atoms with van der Waals surface area (Å²) in [5.41, 5.74) is 3.90. The predicted octanol–water partition coefficient (Wildman–Crippen LogP) is 2.83. The number of nitrogens with zero attached hydrogens (tertiary/aromatic N) is 2. The molecule has 0 amide bonds. The summed E-state index contributed by atoms with van der Waals surface area (Å²) in [6.45, 7) is 3.62. The van der Waals surface area contributed by atoms with E-state index in [1.165, 1.54) is 9.54 Å². The number of aromatic nitrogens is 2. The highest BCUT2D eigenvalue weighted by atomic mass is 127. The molecule has 7 heteroatoms. The smallest absolute Gasteiger partial charge is 0.269 e. The van der Waals surface area contributed by atoms with E-state index in [-0.39, 0.29) is 4.90 Å². The van der Waals surface area contributed by atoms with Crippen LogP contribution in [0.25, 0.3) is 11.0 Å². The van der Waals surface area contributed by atoms with E-state index in [1.54, 1.807) is 24.5 Å². The molecule has 3 aromatic rings. The highest BCUT2D eigenvalue weighted by Gasteiger charge is 2.24. The maximum absolute atomic E-state index is 13.0. The average molecular weight is 453 g/mol. The summed E-state index contributed by atoms with van der Waals surface area (Å²) in [6.07, 6.45) is 4.36. The molecule has 1 aliphatic heterocycles. The number of hydrogen-bond donors (Lipinski definition) is 1. The van der Waals surface area contributed by atoms with Crippen LogP contribution >= 0.6 is 22.6 Å². The van der Waals surface area contributed by atoms with Crippen LogP contribution in [-0.4, -0.2) is 23.9 Å². The van der Waals surface area contributed by atoms with Gasteiger partial charge in [0.2, 0.25) is 0 Å². The molecule has 1 aromatic carbocycles. The van der Waals surface area contributed by atoms with Crippen LogP contribution in [0, 0.1) is 10.5 Å². The first-order valence-corrected chi connectivity index (χ1v) is 10.2. The number of nitrogens with one attached hydrogen (secondary N) is 1. The Morgan fingerprint density at radius 2 is 2.00 bits per heavy atom. The lowest BCUT2D eigenvalue weighted by atomic mass is 10.0. The minimum absolute atomic E-state index is 0.280. The molecule has 124 valence electrons. The highest BCUT2D eigenvalue weighted by molar-refractivity contribution is 14.1. The SMILES string of the molecule is Cc1ccc(S(=O)(=O)n2cc(I)c3c4c(cnc32)CNCC4)cc1. The van der Waals surface area contributed by atoms with E-state index in [9.17, 15) is 8.42 Å². The maximum atomic E-state index is 13.0. The Morgan fingerprint density at radius 3 is 2.75 bits per heavy atom. The molecule has 1 N–H and O–H groups in total. The van der Waals surface area contributed by atoms with Crippen LogP contribution < -0.4 is 5.32 Å². The summed E-state index contributed by atoms with van der Waals surface area (Å²) < 4.78 is 28.3. The largest absolute Gasteiger partial charge is 0.312 e. The van der Waals surface area contributed by atoms with Crippen molar-refractivity contribution in [2.45, 2.75) is 24.8 Å². The van der Waals surface area contributed by atoms with Gasteiger partial charge in [0, 0.05) is 27.9 Å². The number of aryl methyl sites for hydroxylation is 1. The van der Waals surface area contributed by atoms with Gasteiger partial charge in [-0.25, -0.2) is 17.4 Å². The molecule has 0 unspecified atom stereocenters. The lowest BCUT2D eigenvalue weighted by molar-refractivity contribution is 0.588. The van der Waals surface area contributed by atoms with Gasteiger partial charge in [0.15, 0.2) is 5.65 Å².